The van der Waals surface area contributed by atoms with Crippen LogP contribution in [0.2, 0.25) is 0 Å². The minimum atomic E-state index is -0.477. The second kappa shape index (κ2) is 9.50. The van der Waals surface area contributed by atoms with E-state index in [1.807, 2.05) is 18.7 Å². The number of nitrogens with one attached hydrogen (secondary N) is 2. The first kappa shape index (κ1) is 19.4. The van der Waals surface area contributed by atoms with Gasteiger partial charge in [0.2, 0.25) is 5.91 Å². The van der Waals surface area contributed by atoms with Crippen molar-refractivity contribution >= 4 is 17.9 Å². The van der Waals surface area contributed by atoms with Crippen molar-refractivity contribution in [1.29, 1.82) is 0 Å². The number of nitrogens with zero attached hydrogens (tertiary/aromatic N) is 1. The molecule has 1 rings (SSSR count). The molecule has 1 fully saturated rings. The number of piperidine rings is 1. The highest BCUT2D eigenvalue weighted by Crippen LogP contribution is 2.19. The van der Waals surface area contributed by atoms with Gasteiger partial charge in [0.15, 0.2) is 0 Å². The molecule has 2 atom stereocenters. The predicted molar refractivity (Wildman–Crippen MR) is 86.8 cm³/mol. The molecule has 7 heteroatoms. The lowest BCUT2D eigenvalue weighted by atomic mass is 9.97. The number of rotatable bonds is 6. The number of ether oxygens (including phenoxy) is 1. The largest absolute Gasteiger partial charge is 0.466 e. The normalized spacial score (nSPS) is 20.0. The average Bonchev–Trinajstić information content (AvgIpc) is 2.52. The third kappa shape index (κ3) is 6.56. The highest BCUT2D eigenvalue weighted by Gasteiger charge is 2.31. The molecular formula is C16H29N3O4. The second-order valence-corrected chi connectivity index (χ2v) is 6.36. The number of carbonyl (C=O) groups excluding carboxylic acids is 3. The number of hydrogen-bond donors (Lipinski definition) is 2. The smallest absolute Gasteiger partial charge is 0.321 e. The quantitative estimate of drug-likeness (QED) is 0.714. The predicted octanol–water partition coefficient (Wildman–Crippen LogP) is 1.13. The summed E-state index contributed by atoms with van der Waals surface area (Å²) >= 11 is 0. The molecular weight excluding hydrogens is 298 g/mol. The second-order valence-electron chi connectivity index (χ2n) is 6.36. The minimum Gasteiger partial charge on any atom is -0.466 e. The van der Waals surface area contributed by atoms with Crippen LogP contribution in [0.5, 0.6) is 0 Å². The summed E-state index contributed by atoms with van der Waals surface area (Å²) in [5.74, 6) is -0.440. The summed E-state index contributed by atoms with van der Waals surface area (Å²) < 4.78 is 5.06. The average molecular weight is 327 g/mol. The number of carbonyl (C=O) groups is 3. The standard InChI is InChI=1S/C16H29N3O4/c1-5-23-15(21)13-7-6-8-19(10-13)12(4)14(20)18-16(22)17-9-11(2)3/h11-13H,5-10H2,1-4H3,(H2,17,18,20,22). The van der Waals surface area contributed by atoms with E-state index in [-0.39, 0.29) is 17.8 Å². The Balaban J connectivity index is 2.48. The molecule has 0 radical (unpaired) electrons. The molecule has 0 aromatic carbocycles. The molecule has 0 aromatic heterocycles. The zero-order valence-corrected chi connectivity index (χ0v) is 14.6. The van der Waals surface area contributed by atoms with Gasteiger partial charge in [0.25, 0.3) is 0 Å². The Hall–Kier alpha value is -1.63. The van der Waals surface area contributed by atoms with Gasteiger partial charge in [0.05, 0.1) is 18.6 Å². The molecule has 1 aliphatic rings. The molecule has 1 heterocycles. The van der Waals surface area contributed by atoms with Crippen LogP contribution < -0.4 is 10.6 Å². The van der Waals surface area contributed by atoms with Crippen molar-refractivity contribution in [3.8, 4) is 0 Å². The zero-order chi connectivity index (χ0) is 17.4. The molecule has 0 spiro atoms. The third-order valence-corrected chi connectivity index (χ3v) is 3.91. The van der Waals surface area contributed by atoms with Crippen molar-refractivity contribution in [2.45, 2.75) is 46.6 Å². The molecule has 0 saturated carbocycles. The number of likely N-dealkylation sites (tertiary alicyclic amines) is 1. The van der Waals surface area contributed by atoms with Gasteiger partial charge >= 0.3 is 12.0 Å². The van der Waals surface area contributed by atoms with Gasteiger partial charge in [0, 0.05) is 13.1 Å². The van der Waals surface area contributed by atoms with Crippen molar-refractivity contribution < 1.29 is 19.1 Å². The van der Waals surface area contributed by atoms with Gasteiger partial charge < -0.3 is 10.1 Å². The van der Waals surface area contributed by atoms with E-state index in [9.17, 15) is 14.4 Å². The van der Waals surface area contributed by atoms with E-state index in [2.05, 4.69) is 10.6 Å². The van der Waals surface area contributed by atoms with E-state index in [0.717, 1.165) is 19.4 Å². The molecule has 0 aromatic rings. The number of urea groups is 1. The third-order valence-electron chi connectivity index (χ3n) is 3.91. The lowest BCUT2D eigenvalue weighted by molar-refractivity contribution is -0.151. The molecule has 0 aliphatic carbocycles. The van der Waals surface area contributed by atoms with Crippen LogP contribution >= 0.6 is 0 Å². The molecule has 2 unspecified atom stereocenters. The maximum absolute atomic E-state index is 12.2. The van der Waals surface area contributed by atoms with Gasteiger partial charge in [0.1, 0.15) is 0 Å². The number of amides is 3. The number of hydrogen-bond acceptors (Lipinski definition) is 5. The Labute approximate surface area is 138 Å². The van der Waals surface area contributed by atoms with E-state index < -0.39 is 12.1 Å². The fraction of sp³-hybridized carbons (Fsp3) is 0.812. The fourth-order valence-corrected chi connectivity index (χ4v) is 2.53. The van der Waals surface area contributed by atoms with E-state index in [1.165, 1.54) is 0 Å². The van der Waals surface area contributed by atoms with Crippen molar-refractivity contribution in [2.24, 2.45) is 11.8 Å². The maximum Gasteiger partial charge on any atom is 0.321 e. The Kier molecular flexibility index (Phi) is 8.02. The maximum atomic E-state index is 12.2. The molecule has 23 heavy (non-hydrogen) atoms. The van der Waals surface area contributed by atoms with Gasteiger partial charge in [-0.05, 0) is 39.2 Å². The molecule has 1 aliphatic heterocycles. The lowest BCUT2D eigenvalue weighted by Gasteiger charge is -2.34. The van der Waals surface area contributed by atoms with Crippen LogP contribution in [-0.2, 0) is 14.3 Å². The summed E-state index contributed by atoms with van der Waals surface area (Å²) in [5, 5.41) is 5.01. The number of imide groups is 1. The first-order chi connectivity index (χ1) is 10.8. The highest BCUT2D eigenvalue weighted by molar-refractivity contribution is 5.96. The van der Waals surface area contributed by atoms with E-state index >= 15 is 0 Å². The van der Waals surface area contributed by atoms with Crippen LogP contribution in [0.25, 0.3) is 0 Å². The van der Waals surface area contributed by atoms with Crippen LogP contribution in [-0.4, -0.2) is 55.1 Å². The van der Waals surface area contributed by atoms with Crippen molar-refractivity contribution in [1.82, 2.24) is 15.5 Å². The molecule has 1 saturated heterocycles. The zero-order valence-electron chi connectivity index (χ0n) is 14.6. The van der Waals surface area contributed by atoms with Gasteiger partial charge in [-0.3, -0.25) is 19.8 Å². The summed E-state index contributed by atoms with van der Waals surface area (Å²) in [5.41, 5.74) is 0. The molecule has 132 valence electrons. The molecule has 7 nitrogen and oxygen atoms in total. The van der Waals surface area contributed by atoms with Crippen LogP contribution in [0.1, 0.15) is 40.5 Å². The SMILES string of the molecule is CCOC(=O)C1CCCN(C(C)C(=O)NC(=O)NCC(C)C)C1. The van der Waals surface area contributed by atoms with E-state index in [4.69, 9.17) is 4.74 Å². The fourth-order valence-electron chi connectivity index (χ4n) is 2.53. The van der Waals surface area contributed by atoms with Crippen molar-refractivity contribution in [3.63, 3.8) is 0 Å². The summed E-state index contributed by atoms with van der Waals surface area (Å²) in [6.07, 6.45) is 1.61. The lowest BCUT2D eigenvalue weighted by Crippen LogP contribution is -2.53. The van der Waals surface area contributed by atoms with Gasteiger partial charge in [-0.2, -0.15) is 0 Å². The summed E-state index contributed by atoms with van der Waals surface area (Å²) in [7, 11) is 0. The van der Waals surface area contributed by atoms with Crippen molar-refractivity contribution in [2.75, 3.05) is 26.2 Å². The summed E-state index contributed by atoms with van der Waals surface area (Å²) in [6, 6.07) is -0.938. The van der Waals surface area contributed by atoms with Gasteiger partial charge in [-0.1, -0.05) is 13.8 Å². The Morgan fingerprint density at radius 3 is 2.57 bits per heavy atom. The minimum absolute atomic E-state index is 0.200. The van der Waals surface area contributed by atoms with Crippen molar-refractivity contribution in [3.05, 3.63) is 0 Å². The van der Waals surface area contributed by atoms with Crippen LogP contribution in [0.15, 0.2) is 0 Å². The van der Waals surface area contributed by atoms with Gasteiger partial charge in [-0.25, -0.2) is 4.79 Å². The first-order valence-electron chi connectivity index (χ1n) is 8.34. The molecule has 3 amide bonds. The summed E-state index contributed by atoms with van der Waals surface area (Å²) in [4.78, 5) is 37.6. The summed E-state index contributed by atoms with van der Waals surface area (Å²) in [6.45, 7) is 9.59. The highest BCUT2D eigenvalue weighted by atomic mass is 16.5. The first-order valence-corrected chi connectivity index (χ1v) is 8.34. The molecule has 2 N–H and O–H groups in total. The van der Waals surface area contributed by atoms with Crippen LogP contribution in [0, 0.1) is 11.8 Å². The van der Waals surface area contributed by atoms with E-state index in [0.29, 0.717) is 25.6 Å². The number of esters is 1. The van der Waals surface area contributed by atoms with Crippen LogP contribution in [0.4, 0.5) is 4.79 Å². The Morgan fingerprint density at radius 1 is 1.26 bits per heavy atom. The van der Waals surface area contributed by atoms with Crippen LogP contribution in [0.3, 0.4) is 0 Å². The molecule has 0 bridgehead atoms. The monoisotopic (exact) mass is 327 g/mol. The van der Waals surface area contributed by atoms with E-state index in [1.54, 1.807) is 13.8 Å². The van der Waals surface area contributed by atoms with Gasteiger partial charge in [-0.15, -0.1) is 0 Å². The Morgan fingerprint density at radius 2 is 1.96 bits per heavy atom. The Bertz CT molecular complexity index is 426. The topological polar surface area (TPSA) is 87.7 Å².